The van der Waals surface area contributed by atoms with Gasteiger partial charge in [-0.05, 0) is 19.3 Å². The summed E-state index contributed by atoms with van der Waals surface area (Å²) in [5, 5.41) is 3.00. The van der Waals surface area contributed by atoms with Crippen LogP contribution in [0.2, 0.25) is 0 Å². The Morgan fingerprint density at radius 3 is 3.28 bits per heavy atom. The van der Waals surface area contributed by atoms with E-state index in [4.69, 9.17) is 0 Å². The normalized spacial score (nSPS) is 25.1. The number of nitrogens with zero attached hydrogens (tertiary/aromatic N) is 3. The summed E-state index contributed by atoms with van der Waals surface area (Å²) in [7, 11) is 0. The predicted octanol–water partition coefficient (Wildman–Crippen LogP) is 0.503. The Morgan fingerprint density at radius 1 is 1.39 bits per heavy atom. The first kappa shape index (κ1) is 11.6. The molecule has 1 aromatic heterocycles. The van der Waals surface area contributed by atoms with Crippen molar-refractivity contribution in [1.82, 2.24) is 20.2 Å². The van der Waals surface area contributed by atoms with Crippen molar-refractivity contribution < 1.29 is 4.79 Å². The fraction of sp³-hybridized carbons (Fsp3) is 0.615. The van der Waals surface area contributed by atoms with Crippen LogP contribution in [0.3, 0.4) is 0 Å². The maximum atomic E-state index is 12.0. The highest BCUT2D eigenvalue weighted by Crippen LogP contribution is 2.21. The molecule has 1 amide bonds. The summed E-state index contributed by atoms with van der Waals surface area (Å²) < 4.78 is 0. The molecular formula is C13H18N4O. The van der Waals surface area contributed by atoms with Gasteiger partial charge in [-0.2, -0.15) is 0 Å². The number of hydrogen-bond donors (Lipinski definition) is 1. The van der Waals surface area contributed by atoms with Gasteiger partial charge in [0, 0.05) is 43.5 Å². The number of fused-ring (bicyclic) bond motifs is 1. The number of carbonyl (C=O) groups is 1. The van der Waals surface area contributed by atoms with Crippen LogP contribution in [0.15, 0.2) is 12.5 Å². The van der Waals surface area contributed by atoms with Gasteiger partial charge in [-0.1, -0.05) is 0 Å². The quantitative estimate of drug-likeness (QED) is 0.784. The fourth-order valence-corrected chi connectivity index (χ4v) is 2.83. The highest BCUT2D eigenvalue weighted by atomic mass is 16.2. The summed E-state index contributed by atoms with van der Waals surface area (Å²) in [4.78, 5) is 22.7. The first-order valence-electron chi connectivity index (χ1n) is 6.64. The van der Waals surface area contributed by atoms with Crippen molar-refractivity contribution in [2.45, 2.75) is 38.3 Å². The summed E-state index contributed by atoms with van der Waals surface area (Å²) >= 11 is 0. The van der Waals surface area contributed by atoms with Crippen LogP contribution in [0.25, 0.3) is 0 Å². The Kier molecular flexibility index (Phi) is 3.23. The maximum Gasteiger partial charge on any atom is 0.237 e. The first-order chi connectivity index (χ1) is 8.84. The molecule has 1 atom stereocenters. The lowest BCUT2D eigenvalue weighted by atomic mass is 10.0. The molecule has 1 fully saturated rings. The van der Waals surface area contributed by atoms with Crippen molar-refractivity contribution >= 4 is 5.91 Å². The third-order valence-electron chi connectivity index (χ3n) is 3.84. The van der Waals surface area contributed by atoms with Crippen LogP contribution in [-0.4, -0.2) is 39.9 Å². The molecule has 0 aliphatic carbocycles. The number of aromatic nitrogens is 2. The standard InChI is InChI=1S/C13H18N4O/c18-13-12(3-1-2-5-15-13)17-6-4-11-10(8-17)7-14-9-16-11/h7,9,12H,1-6,8H2,(H,15,18). The fourth-order valence-electron chi connectivity index (χ4n) is 2.83. The van der Waals surface area contributed by atoms with E-state index in [0.717, 1.165) is 51.0 Å². The SMILES string of the molecule is O=C1NCCCCC1N1CCc2ncncc2C1. The van der Waals surface area contributed by atoms with Crippen LogP contribution >= 0.6 is 0 Å². The molecule has 18 heavy (non-hydrogen) atoms. The highest BCUT2D eigenvalue weighted by molar-refractivity contribution is 5.81. The second kappa shape index (κ2) is 5.02. The number of nitrogens with one attached hydrogen (secondary N) is 1. The van der Waals surface area contributed by atoms with Gasteiger partial charge in [-0.15, -0.1) is 0 Å². The molecule has 2 aliphatic rings. The summed E-state index contributed by atoms with van der Waals surface area (Å²) in [6.45, 7) is 2.54. The zero-order valence-corrected chi connectivity index (χ0v) is 10.4. The number of carbonyl (C=O) groups excluding carboxylic acids is 1. The Hall–Kier alpha value is -1.49. The number of amides is 1. The van der Waals surface area contributed by atoms with Gasteiger partial charge in [0.2, 0.25) is 5.91 Å². The molecule has 3 rings (SSSR count). The Balaban J connectivity index is 1.76. The van der Waals surface area contributed by atoms with Crippen LogP contribution in [-0.2, 0) is 17.8 Å². The predicted molar refractivity (Wildman–Crippen MR) is 66.8 cm³/mol. The zero-order chi connectivity index (χ0) is 12.4. The Morgan fingerprint density at radius 2 is 2.33 bits per heavy atom. The minimum absolute atomic E-state index is 0.0286. The molecule has 5 nitrogen and oxygen atoms in total. The largest absolute Gasteiger partial charge is 0.355 e. The molecule has 0 saturated carbocycles. The van der Waals surface area contributed by atoms with Crippen LogP contribution in [0.1, 0.15) is 30.5 Å². The molecule has 0 bridgehead atoms. The van der Waals surface area contributed by atoms with E-state index in [-0.39, 0.29) is 11.9 Å². The third-order valence-corrected chi connectivity index (χ3v) is 3.84. The van der Waals surface area contributed by atoms with Crippen LogP contribution in [0.4, 0.5) is 0 Å². The summed E-state index contributed by atoms with van der Waals surface area (Å²) in [6, 6.07) is 0.0286. The van der Waals surface area contributed by atoms with E-state index in [9.17, 15) is 4.79 Å². The lowest BCUT2D eigenvalue weighted by Gasteiger charge is -2.33. The van der Waals surface area contributed by atoms with Gasteiger partial charge in [0.25, 0.3) is 0 Å². The van der Waals surface area contributed by atoms with E-state index in [0.29, 0.717) is 0 Å². The lowest BCUT2D eigenvalue weighted by Crippen LogP contribution is -2.47. The molecule has 0 spiro atoms. The van der Waals surface area contributed by atoms with Crippen molar-refractivity contribution in [3.8, 4) is 0 Å². The lowest BCUT2D eigenvalue weighted by molar-refractivity contribution is -0.126. The van der Waals surface area contributed by atoms with E-state index < -0.39 is 0 Å². The molecule has 0 radical (unpaired) electrons. The summed E-state index contributed by atoms with van der Waals surface area (Å²) in [6.07, 6.45) is 7.58. The Labute approximate surface area is 107 Å². The molecule has 1 unspecified atom stereocenters. The second-order valence-electron chi connectivity index (χ2n) is 5.02. The highest BCUT2D eigenvalue weighted by Gasteiger charge is 2.29. The van der Waals surface area contributed by atoms with Crippen molar-refractivity contribution in [2.24, 2.45) is 0 Å². The minimum atomic E-state index is 0.0286. The topological polar surface area (TPSA) is 58.1 Å². The molecule has 2 aliphatic heterocycles. The number of hydrogen-bond acceptors (Lipinski definition) is 4. The average Bonchev–Trinajstić information content (AvgIpc) is 2.63. The van der Waals surface area contributed by atoms with Gasteiger partial charge in [0.1, 0.15) is 6.33 Å². The van der Waals surface area contributed by atoms with E-state index in [1.54, 1.807) is 6.33 Å². The van der Waals surface area contributed by atoms with Crippen molar-refractivity contribution in [1.29, 1.82) is 0 Å². The van der Waals surface area contributed by atoms with Gasteiger partial charge in [0.05, 0.1) is 6.04 Å². The molecule has 1 saturated heterocycles. The molecular weight excluding hydrogens is 228 g/mol. The van der Waals surface area contributed by atoms with E-state index in [1.165, 1.54) is 5.56 Å². The molecule has 0 aromatic carbocycles. The summed E-state index contributed by atoms with van der Waals surface area (Å²) in [5.74, 6) is 0.188. The number of rotatable bonds is 1. The van der Waals surface area contributed by atoms with Gasteiger partial charge in [-0.25, -0.2) is 9.97 Å². The molecule has 1 N–H and O–H groups in total. The monoisotopic (exact) mass is 246 g/mol. The van der Waals surface area contributed by atoms with Crippen LogP contribution in [0.5, 0.6) is 0 Å². The zero-order valence-electron chi connectivity index (χ0n) is 10.4. The van der Waals surface area contributed by atoms with E-state index in [1.807, 2.05) is 6.20 Å². The minimum Gasteiger partial charge on any atom is -0.355 e. The van der Waals surface area contributed by atoms with Crippen LogP contribution in [0, 0.1) is 0 Å². The maximum absolute atomic E-state index is 12.0. The van der Waals surface area contributed by atoms with Gasteiger partial charge in [0.15, 0.2) is 0 Å². The van der Waals surface area contributed by atoms with Crippen molar-refractivity contribution in [2.75, 3.05) is 13.1 Å². The molecule has 3 heterocycles. The first-order valence-corrected chi connectivity index (χ1v) is 6.64. The van der Waals surface area contributed by atoms with E-state index in [2.05, 4.69) is 20.2 Å². The second-order valence-corrected chi connectivity index (χ2v) is 5.02. The Bertz CT molecular complexity index is 448. The molecule has 96 valence electrons. The van der Waals surface area contributed by atoms with E-state index >= 15 is 0 Å². The van der Waals surface area contributed by atoms with Crippen LogP contribution < -0.4 is 5.32 Å². The smallest absolute Gasteiger partial charge is 0.237 e. The molecule has 1 aromatic rings. The van der Waals surface area contributed by atoms with Gasteiger partial charge >= 0.3 is 0 Å². The molecule has 5 heteroatoms. The van der Waals surface area contributed by atoms with Gasteiger partial charge < -0.3 is 5.32 Å². The third kappa shape index (κ3) is 2.22. The van der Waals surface area contributed by atoms with Gasteiger partial charge in [-0.3, -0.25) is 9.69 Å². The average molecular weight is 246 g/mol. The summed E-state index contributed by atoms with van der Waals surface area (Å²) in [5.41, 5.74) is 2.30. The van der Waals surface area contributed by atoms with Crippen molar-refractivity contribution in [3.05, 3.63) is 23.8 Å². The van der Waals surface area contributed by atoms with Crippen molar-refractivity contribution in [3.63, 3.8) is 0 Å².